The zero-order chi connectivity index (χ0) is 9.84. The molecule has 1 aliphatic heterocycles. The van der Waals surface area contributed by atoms with E-state index in [2.05, 4.69) is 18.5 Å². The molecule has 1 rings (SSSR count). The maximum absolute atomic E-state index is 11.2. The Morgan fingerprint density at radius 3 is 2.77 bits per heavy atom. The van der Waals surface area contributed by atoms with Crippen molar-refractivity contribution in [1.82, 2.24) is 5.32 Å². The van der Waals surface area contributed by atoms with Gasteiger partial charge in [-0.25, -0.2) is 0 Å². The van der Waals surface area contributed by atoms with E-state index in [0.29, 0.717) is 15.8 Å². The molecule has 1 heterocycles. The number of carbonyl (C=O) groups is 1. The first-order chi connectivity index (χ1) is 6.09. The molecule has 1 amide bonds. The van der Waals surface area contributed by atoms with E-state index in [1.54, 1.807) is 0 Å². The van der Waals surface area contributed by atoms with E-state index in [9.17, 15) is 4.79 Å². The smallest absolute Gasteiger partial charge is 0.257 e. The van der Waals surface area contributed by atoms with E-state index in [-0.39, 0.29) is 12.0 Å². The first-order valence-electron chi connectivity index (χ1n) is 3.70. The number of amides is 1. The highest BCUT2D eigenvalue weighted by atomic mass is 35.5. The van der Waals surface area contributed by atoms with Gasteiger partial charge in [-0.15, -0.1) is 0 Å². The molecule has 0 spiro atoms. The van der Waals surface area contributed by atoms with E-state index < -0.39 is 0 Å². The lowest BCUT2D eigenvalue weighted by molar-refractivity contribution is -0.116. The summed E-state index contributed by atoms with van der Waals surface area (Å²) in [5.74, 6) is -0.220. The molecule has 0 radical (unpaired) electrons. The van der Waals surface area contributed by atoms with Crippen molar-refractivity contribution in [2.45, 2.75) is 6.10 Å². The van der Waals surface area contributed by atoms with E-state index in [0.717, 1.165) is 18.4 Å². The Morgan fingerprint density at radius 2 is 2.31 bits per heavy atom. The molecule has 1 aliphatic rings. The van der Waals surface area contributed by atoms with Crippen LogP contribution in [0.3, 0.4) is 0 Å². The molecule has 72 valence electrons. The lowest BCUT2D eigenvalue weighted by Gasteiger charge is -2.03. The minimum atomic E-state index is -0.220. The Bertz CT molecular complexity index is 251. The number of rotatable bonds is 5. The van der Waals surface area contributed by atoms with Gasteiger partial charge in [-0.05, 0) is 0 Å². The first kappa shape index (κ1) is 10.6. The predicted octanol–water partition coefficient (Wildman–Crippen LogP) is 1.46. The molecule has 0 bridgehead atoms. The Hall–Kier alpha value is -0.450. The van der Waals surface area contributed by atoms with Crippen molar-refractivity contribution >= 4 is 29.3 Å². The SMILES string of the molecule is C=C(Cl)SC(=C)C(=O)NCC1CO1. The van der Waals surface area contributed by atoms with Gasteiger partial charge in [0, 0.05) is 6.54 Å². The summed E-state index contributed by atoms with van der Waals surface area (Å²) in [6, 6.07) is 0. The number of nitrogens with one attached hydrogen (secondary N) is 1. The quantitative estimate of drug-likeness (QED) is 0.562. The number of halogens is 1. The second kappa shape index (κ2) is 4.69. The van der Waals surface area contributed by atoms with E-state index in [4.69, 9.17) is 16.3 Å². The fraction of sp³-hybridized carbons (Fsp3) is 0.375. The number of thioether (sulfide) groups is 1. The number of ether oxygens (including phenoxy) is 1. The van der Waals surface area contributed by atoms with Crippen LogP contribution in [0.15, 0.2) is 22.4 Å². The highest BCUT2D eigenvalue weighted by Gasteiger charge is 2.23. The van der Waals surface area contributed by atoms with Crippen LogP contribution in [0.2, 0.25) is 0 Å². The van der Waals surface area contributed by atoms with Crippen LogP contribution in [-0.4, -0.2) is 25.2 Å². The standard InChI is InChI=1S/C8H10ClNO2S/c1-5(13-6(2)9)8(11)10-3-7-4-12-7/h7H,1-4H2,(H,10,11). The zero-order valence-corrected chi connectivity index (χ0v) is 8.58. The van der Waals surface area contributed by atoms with Crippen molar-refractivity contribution in [2.24, 2.45) is 0 Å². The highest BCUT2D eigenvalue weighted by molar-refractivity contribution is 8.08. The fourth-order valence-corrected chi connectivity index (χ4v) is 1.38. The van der Waals surface area contributed by atoms with Gasteiger partial charge in [0.25, 0.3) is 5.91 Å². The average Bonchev–Trinajstić information content (AvgIpc) is 2.81. The lowest BCUT2D eigenvalue weighted by atomic mass is 10.4. The molecule has 1 unspecified atom stereocenters. The van der Waals surface area contributed by atoms with E-state index in [1.807, 2.05) is 0 Å². The molecule has 0 aromatic heterocycles. The van der Waals surface area contributed by atoms with E-state index in [1.165, 1.54) is 0 Å². The molecule has 1 atom stereocenters. The van der Waals surface area contributed by atoms with Crippen molar-refractivity contribution in [3.8, 4) is 0 Å². The summed E-state index contributed by atoms with van der Waals surface area (Å²) >= 11 is 6.55. The van der Waals surface area contributed by atoms with Crippen molar-refractivity contribution in [3.05, 3.63) is 22.4 Å². The third-order valence-corrected chi connectivity index (χ3v) is 2.26. The molecule has 1 saturated heterocycles. The Balaban J connectivity index is 2.20. The number of epoxide rings is 1. The molecule has 5 heteroatoms. The summed E-state index contributed by atoms with van der Waals surface area (Å²) in [6.45, 7) is 8.27. The molecule has 13 heavy (non-hydrogen) atoms. The van der Waals surface area contributed by atoms with Gasteiger partial charge in [0.05, 0.1) is 22.0 Å². The highest BCUT2D eigenvalue weighted by Crippen LogP contribution is 2.25. The van der Waals surface area contributed by atoms with Crippen LogP contribution < -0.4 is 5.32 Å². The Labute approximate surface area is 86.2 Å². The van der Waals surface area contributed by atoms with Gasteiger partial charge in [0.2, 0.25) is 0 Å². The second-order valence-corrected chi connectivity index (χ2v) is 4.42. The van der Waals surface area contributed by atoms with Gasteiger partial charge in [-0.1, -0.05) is 36.5 Å². The van der Waals surface area contributed by atoms with Crippen LogP contribution in [0.1, 0.15) is 0 Å². The fourth-order valence-electron chi connectivity index (χ4n) is 0.671. The predicted molar refractivity (Wildman–Crippen MR) is 54.5 cm³/mol. The zero-order valence-electron chi connectivity index (χ0n) is 7.01. The second-order valence-electron chi connectivity index (χ2n) is 2.55. The molecule has 3 nitrogen and oxygen atoms in total. The maximum Gasteiger partial charge on any atom is 0.257 e. The van der Waals surface area contributed by atoms with Crippen molar-refractivity contribution < 1.29 is 9.53 Å². The van der Waals surface area contributed by atoms with Crippen LogP contribution in [0.5, 0.6) is 0 Å². The monoisotopic (exact) mass is 219 g/mol. The summed E-state index contributed by atoms with van der Waals surface area (Å²) in [4.78, 5) is 11.6. The van der Waals surface area contributed by atoms with Gasteiger partial charge in [-0.2, -0.15) is 0 Å². The van der Waals surface area contributed by atoms with Crippen LogP contribution in [0.4, 0.5) is 0 Å². The third kappa shape index (κ3) is 4.36. The summed E-state index contributed by atoms with van der Waals surface area (Å²) in [5.41, 5.74) is 0. The Morgan fingerprint density at radius 1 is 1.69 bits per heavy atom. The van der Waals surface area contributed by atoms with Crippen LogP contribution >= 0.6 is 23.4 Å². The van der Waals surface area contributed by atoms with Crippen molar-refractivity contribution in [3.63, 3.8) is 0 Å². The van der Waals surface area contributed by atoms with Gasteiger partial charge < -0.3 is 10.1 Å². The maximum atomic E-state index is 11.2. The van der Waals surface area contributed by atoms with Gasteiger partial charge in [0.1, 0.15) is 0 Å². The summed E-state index contributed by atoms with van der Waals surface area (Å²) in [7, 11) is 0. The van der Waals surface area contributed by atoms with Gasteiger partial charge in [-0.3, -0.25) is 4.79 Å². The minimum absolute atomic E-state index is 0.181. The average molecular weight is 220 g/mol. The van der Waals surface area contributed by atoms with Crippen LogP contribution in [-0.2, 0) is 9.53 Å². The molecule has 0 aliphatic carbocycles. The first-order valence-corrected chi connectivity index (χ1v) is 4.90. The minimum Gasteiger partial charge on any atom is -0.371 e. The van der Waals surface area contributed by atoms with Gasteiger partial charge in [0.15, 0.2) is 0 Å². The number of hydrogen-bond acceptors (Lipinski definition) is 3. The molecule has 0 aromatic rings. The number of carbonyl (C=O) groups excluding carboxylic acids is 1. The third-order valence-electron chi connectivity index (χ3n) is 1.38. The molecule has 0 aromatic carbocycles. The normalized spacial score (nSPS) is 19.3. The molecular formula is C8H10ClNO2S. The molecular weight excluding hydrogens is 210 g/mol. The number of hydrogen-bond donors (Lipinski definition) is 1. The summed E-state index contributed by atoms with van der Waals surface area (Å²) < 4.78 is 5.26. The summed E-state index contributed by atoms with van der Waals surface area (Å²) in [6.07, 6.45) is 0.181. The topological polar surface area (TPSA) is 41.6 Å². The van der Waals surface area contributed by atoms with Gasteiger partial charge >= 0.3 is 0 Å². The Kier molecular flexibility index (Phi) is 3.84. The molecule has 1 fully saturated rings. The van der Waals surface area contributed by atoms with Crippen LogP contribution in [0.25, 0.3) is 0 Å². The molecule has 0 saturated carbocycles. The van der Waals surface area contributed by atoms with E-state index >= 15 is 0 Å². The lowest BCUT2D eigenvalue weighted by Crippen LogP contribution is -2.27. The van der Waals surface area contributed by atoms with Crippen molar-refractivity contribution in [1.29, 1.82) is 0 Å². The van der Waals surface area contributed by atoms with Crippen molar-refractivity contribution in [2.75, 3.05) is 13.2 Å². The molecule has 1 N–H and O–H groups in total. The summed E-state index contributed by atoms with van der Waals surface area (Å²) in [5, 5.41) is 2.67. The van der Waals surface area contributed by atoms with Crippen LogP contribution in [0, 0.1) is 0 Å². The largest absolute Gasteiger partial charge is 0.371 e.